The van der Waals surface area contributed by atoms with Gasteiger partial charge in [0.05, 0.1) is 42.7 Å². The monoisotopic (exact) mass is 340 g/mol. The van der Waals surface area contributed by atoms with Gasteiger partial charge >= 0.3 is 0 Å². The summed E-state index contributed by atoms with van der Waals surface area (Å²) in [6.07, 6.45) is 3.59. The Balaban J connectivity index is 1.51. The third-order valence-electron chi connectivity index (χ3n) is 5.03. The van der Waals surface area contributed by atoms with Crippen LogP contribution >= 0.6 is 11.3 Å². The maximum Gasteiger partial charge on any atom is 0.0898 e. The minimum absolute atomic E-state index is 0.00994. The molecule has 3 rings (SSSR count). The summed E-state index contributed by atoms with van der Waals surface area (Å²) in [5, 5.41) is 3.19. The maximum atomic E-state index is 6.28. The standard InChI is InChI=1S/C17H28N2O3S/c1-14-18-16(12-23-14)11-21-10-15-4-3-5-17(15)13-19(6-8-20-2)7-9-22-17/h12,15H,3-11,13H2,1-2H3/t15-,17+/m0/s1. The van der Waals surface area contributed by atoms with E-state index in [1.54, 1.807) is 18.4 Å². The topological polar surface area (TPSA) is 43.8 Å². The molecule has 130 valence electrons. The van der Waals surface area contributed by atoms with Crippen molar-refractivity contribution >= 4 is 11.3 Å². The average molecular weight is 340 g/mol. The Hall–Kier alpha value is -0.530. The molecule has 1 saturated carbocycles. The molecule has 0 bridgehead atoms. The van der Waals surface area contributed by atoms with Crippen LogP contribution < -0.4 is 0 Å². The molecule has 23 heavy (non-hydrogen) atoms. The van der Waals surface area contributed by atoms with Gasteiger partial charge in [0.15, 0.2) is 0 Å². The second-order valence-electron chi connectivity index (χ2n) is 6.64. The number of thiazole rings is 1. The van der Waals surface area contributed by atoms with Gasteiger partial charge in [0.25, 0.3) is 0 Å². The Morgan fingerprint density at radius 3 is 3.22 bits per heavy atom. The Kier molecular flexibility index (Phi) is 6.04. The van der Waals surface area contributed by atoms with Crippen molar-refractivity contribution in [2.45, 2.75) is 38.4 Å². The molecule has 1 aromatic heterocycles. The fourth-order valence-corrected chi connectivity index (χ4v) is 4.42. The van der Waals surface area contributed by atoms with E-state index in [1.165, 1.54) is 12.8 Å². The molecule has 0 unspecified atom stereocenters. The zero-order valence-corrected chi connectivity index (χ0v) is 15.1. The van der Waals surface area contributed by atoms with Crippen LogP contribution in [-0.2, 0) is 20.8 Å². The van der Waals surface area contributed by atoms with Crippen LogP contribution in [0.2, 0.25) is 0 Å². The minimum Gasteiger partial charge on any atom is -0.383 e. The summed E-state index contributed by atoms with van der Waals surface area (Å²) in [7, 11) is 1.77. The molecule has 6 heteroatoms. The van der Waals surface area contributed by atoms with Crippen LogP contribution in [0.25, 0.3) is 0 Å². The zero-order chi connectivity index (χ0) is 16.1. The number of hydrogen-bond donors (Lipinski definition) is 0. The second kappa shape index (κ2) is 8.03. The molecule has 1 aliphatic heterocycles. The van der Waals surface area contributed by atoms with Crippen molar-refractivity contribution in [2.75, 3.05) is 46.6 Å². The predicted octanol–water partition coefficient (Wildman–Crippen LogP) is 2.49. The molecule has 0 aromatic carbocycles. The minimum atomic E-state index is -0.00994. The lowest BCUT2D eigenvalue weighted by Crippen LogP contribution is -2.55. The highest BCUT2D eigenvalue weighted by Gasteiger charge is 2.46. The summed E-state index contributed by atoms with van der Waals surface area (Å²) >= 11 is 1.68. The lowest BCUT2D eigenvalue weighted by atomic mass is 9.89. The second-order valence-corrected chi connectivity index (χ2v) is 7.71. The number of morpholine rings is 1. The Morgan fingerprint density at radius 2 is 2.43 bits per heavy atom. The van der Waals surface area contributed by atoms with Crippen molar-refractivity contribution in [3.05, 3.63) is 16.1 Å². The Labute approximate surface area is 142 Å². The third kappa shape index (κ3) is 4.31. The predicted molar refractivity (Wildman–Crippen MR) is 90.8 cm³/mol. The van der Waals surface area contributed by atoms with E-state index >= 15 is 0 Å². The van der Waals surface area contributed by atoms with Gasteiger partial charge in [-0.15, -0.1) is 11.3 Å². The number of methoxy groups -OCH3 is 1. The fourth-order valence-electron chi connectivity index (χ4n) is 3.82. The van der Waals surface area contributed by atoms with Gasteiger partial charge in [-0.25, -0.2) is 4.98 Å². The Morgan fingerprint density at radius 1 is 1.52 bits per heavy atom. The van der Waals surface area contributed by atoms with E-state index in [1.807, 2.05) is 6.92 Å². The quantitative estimate of drug-likeness (QED) is 0.763. The summed E-state index contributed by atoms with van der Waals surface area (Å²) in [5.74, 6) is 0.493. The molecule has 1 spiro atoms. The van der Waals surface area contributed by atoms with Gasteiger partial charge in [-0.1, -0.05) is 6.42 Å². The van der Waals surface area contributed by atoms with Gasteiger partial charge in [-0.2, -0.15) is 0 Å². The highest BCUT2D eigenvalue weighted by molar-refractivity contribution is 7.09. The van der Waals surface area contributed by atoms with E-state index in [-0.39, 0.29) is 5.60 Å². The van der Waals surface area contributed by atoms with E-state index in [0.717, 1.165) is 56.6 Å². The molecule has 2 fully saturated rings. The SMILES string of the molecule is COCCN1CCO[C@]2(CCC[C@H]2COCc2csc(C)n2)C1. The molecular weight excluding hydrogens is 312 g/mol. The number of ether oxygens (including phenoxy) is 3. The molecule has 5 nitrogen and oxygen atoms in total. The number of aryl methyl sites for hydroxylation is 1. The maximum absolute atomic E-state index is 6.28. The van der Waals surface area contributed by atoms with Gasteiger partial charge < -0.3 is 14.2 Å². The summed E-state index contributed by atoms with van der Waals surface area (Å²) in [5.41, 5.74) is 1.04. The van der Waals surface area contributed by atoms with Crippen molar-refractivity contribution < 1.29 is 14.2 Å². The fraction of sp³-hybridized carbons (Fsp3) is 0.824. The van der Waals surface area contributed by atoms with Crippen LogP contribution in [0.5, 0.6) is 0 Å². The molecule has 2 aliphatic rings. The Bertz CT molecular complexity index is 496. The zero-order valence-electron chi connectivity index (χ0n) is 14.3. The van der Waals surface area contributed by atoms with Crippen LogP contribution in [0.15, 0.2) is 5.38 Å². The average Bonchev–Trinajstić information content (AvgIpc) is 3.13. The van der Waals surface area contributed by atoms with E-state index < -0.39 is 0 Å². The van der Waals surface area contributed by atoms with Crippen LogP contribution in [0.3, 0.4) is 0 Å². The normalized spacial score (nSPS) is 28.7. The van der Waals surface area contributed by atoms with Crippen molar-refractivity contribution in [1.82, 2.24) is 9.88 Å². The molecule has 1 saturated heterocycles. The first-order valence-electron chi connectivity index (χ1n) is 8.56. The molecule has 1 aromatic rings. The summed E-state index contributed by atoms with van der Waals surface area (Å²) in [4.78, 5) is 6.95. The molecule has 0 radical (unpaired) electrons. The summed E-state index contributed by atoms with van der Waals surface area (Å²) < 4.78 is 17.5. The van der Waals surface area contributed by atoms with Crippen molar-refractivity contribution in [1.29, 1.82) is 0 Å². The van der Waals surface area contributed by atoms with Crippen molar-refractivity contribution in [3.8, 4) is 0 Å². The summed E-state index contributed by atoms with van der Waals surface area (Å²) in [6.45, 7) is 8.06. The molecule has 1 aliphatic carbocycles. The summed E-state index contributed by atoms with van der Waals surface area (Å²) in [6, 6.07) is 0. The number of nitrogens with zero attached hydrogens (tertiary/aromatic N) is 2. The molecule has 2 atom stereocenters. The van der Waals surface area contributed by atoms with Gasteiger partial charge in [-0.3, -0.25) is 4.90 Å². The van der Waals surface area contributed by atoms with E-state index in [0.29, 0.717) is 12.5 Å². The highest BCUT2D eigenvalue weighted by atomic mass is 32.1. The largest absolute Gasteiger partial charge is 0.383 e. The lowest BCUT2D eigenvalue weighted by molar-refractivity contribution is -0.144. The van der Waals surface area contributed by atoms with Gasteiger partial charge in [-0.05, 0) is 19.8 Å². The molecular formula is C17H28N2O3S. The molecule has 2 heterocycles. The van der Waals surface area contributed by atoms with E-state index in [9.17, 15) is 0 Å². The first-order valence-corrected chi connectivity index (χ1v) is 9.44. The molecule has 0 N–H and O–H groups in total. The first kappa shape index (κ1) is 17.3. The van der Waals surface area contributed by atoms with Crippen LogP contribution in [0, 0.1) is 12.8 Å². The van der Waals surface area contributed by atoms with Crippen LogP contribution in [0.4, 0.5) is 0 Å². The lowest BCUT2D eigenvalue weighted by Gasteiger charge is -2.44. The van der Waals surface area contributed by atoms with Gasteiger partial charge in [0.2, 0.25) is 0 Å². The first-order chi connectivity index (χ1) is 11.2. The number of aromatic nitrogens is 1. The number of hydrogen-bond acceptors (Lipinski definition) is 6. The number of rotatable bonds is 7. The van der Waals surface area contributed by atoms with Crippen LogP contribution in [0.1, 0.15) is 30.0 Å². The third-order valence-corrected chi connectivity index (χ3v) is 5.85. The van der Waals surface area contributed by atoms with Gasteiger partial charge in [0.1, 0.15) is 0 Å². The van der Waals surface area contributed by atoms with E-state index in [2.05, 4.69) is 15.3 Å². The van der Waals surface area contributed by atoms with Crippen LogP contribution in [-0.4, -0.2) is 62.0 Å². The highest BCUT2D eigenvalue weighted by Crippen LogP contribution is 2.41. The van der Waals surface area contributed by atoms with Crippen molar-refractivity contribution in [3.63, 3.8) is 0 Å². The van der Waals surface area contributed by atoms with E-state index in [4.69, 9.17) is 14.2 Å². The van der Waals surface area contributed by atoms with Gasteiger partial charge in [0, 0.05) is 38.0 Å². The smallest absolute Gasteiger partial charge is 0.0898 e. The van der Waals surface area contributed by atoms with Crippen molar-refractivity contribution in [2.24, 2.45) is 5.92 Å². The molecule has 0 amide bonds.